The van der Waals surface area contributed by atoms with Gasteiger partial charge in [-0.15, -0.1) is 11.3 Å². The molecule has 1 heterocycles. The Morgan fingerprint density at radius 2 is 2.00 bits per heavy atom. The first kappa shape index (κ1) is 16.0. The van der Waals surface area contributed by atoms with E-state index >= 15 is 0 Å². The molecule has 0 spiro atoms. The molecule has 0 radical (unpaired) electrons. The molecule has 0 aliphatic rings. The highest BCUT2D eigenvalue weighted by atomic mass is 79.9. The van der Waals surface area contributed by atoms with Crippen molar-refractivity contribution >= 4 is 38.9 Å². The van der Waals surface area contributed by atoms with Crippen molar-refractivity contribution in [3.05, 3.63) is 50.6 Å². The number of rotatable bonds is 6. The van der Waals surface area contributed by atoms with E-state index in [0.29, 0.717) is 12.2 Å². The van der Waals surface area contributed by atoms with Crippen LogP contribution in [0.15, 0.2) is 40.2 Å². The second-order valence-electron chi connectivity index (χ2n) is 4.72. The van der Waals surface area contributed by atoms with Gasteiger partial charge in [-0.05, 0) is 65.7 Å². The van der Waals surface area contributed by atoms with Gasteiger partial charge in [-0.1, -0.05) is 6.92 Å². The van der Waals surface area contributed by atoms with Crippen molar-refractivity contribution in [2.45, 2.75) is 26.3 Å². The summed E-state index contributed by atoms with van der Waals surface area (Å²) in [5.74, 6) is -0.265. The van der Waals surface area contributed by atoms with Crippen LogP contribution in [0.1, 0.15) is 41.5 Å². The second kappa shape index (κ2) is 7.61. The molecule has 0 saturated heterocycles. The van der Waals surface area contributed by atoms with Crippen molar-refractivity contribution in [3.63, 3.8) is 0 Å². The molecule has 0 aliphatic heterocycles. The minimum atomic E-state index is -0.265. The van der Waals surface area contributed by atoms with E-state index in [9.17, 15) is 4.79 Å². The summed E-state index contributed by atoms with van der Waals surface area (Å²) in [5, 5.41) is 3.42. The molecule has 2 aromatic rings. The van der Waals surface area contributed by atoms with Crippen molar-refractivity contribution in [1.82, 2.24) is 0 Å². The van der Waals surface area contributed by atoms with E-state index in [0.717, 1.165) is 15.9 Å². The molecule has 2 rings (SSSR count). The number of carbonyl (C=O) groups excluding carboxylic acids is 1. The van der Waals surface area contributed by atoms with Crippen LogP contribution in [-0.2, 0) is 4.74 Å². The third-order valence-electron chi connectivity index (χ3n) is 2.96. The van der Waals surface area contributed by atoms with E-state index in [2.05, 4.69) is 34.2 Å². The Hall–Kier alpha value is -1.33. The molecule has 0 fully saturated rings. The molecule has 3 nitrogen and oxygen atoms in total. The summed E-state index contributed by atoms with van der Waals surface area (Å²) >= 11 is 5.18. The van der Waals surface area contributed by atoms with E-state index in [4.69, 9.17) is 4.74 Å². The molecule has 0 saturated carbocycles. The maximum absolute atomic E-state index is 11.7. The fourth-order valence-corrected chi connectivity index (χ4v) is 3.29. The Balaban J connectivity index is 1.97. The molecule has 21 heavy (non-hydrogen) atoms. The summed E-state index contributed by atoms with van der Waals surface area (Å²) in [7, 11) is 0. The van der Waals surface area contributed by atoms with E-state index < -0.39 is 0 Å². The second-order valence-corrected chi connectivity index (χ2v) is 7.22. The van der Waals surface area contributed by atoms with Crippen LogP contribution in [0.4, 0.5) is 5.69 Å². The summed E-state index contributed by atoms with van der Waals surface area (Å²) in [5.41, 5.74) is 1.57. The molecule has 1 aromatic heterocycles. The topological polar surface area (TPSA) is 38.3 Å². The van der Waals surface area contributed by atoms with Crippen LogP contribution in [0.25, 0.3) is 0 Å². The number of carbonyl (C=O) groups is 1. The summed E-state index contributed by atoms with van der Waals surface area (Å²) in [6.45, 7) is 4.55. The molecule has 1 atom stereocenters. The highest BCUT2D eigenvalue weighted by Gasteiger charge is 2.09. The van der Waals surface area contributed by atoms with E-state index in [-0.39, 0.29) is 12.0 Å². The van der Waals surface area contributed by atoms with Crippen molar-refractivity contribution < 1.29 is 9.53 Å². The first-order valence-corrected chi connectivity index (χ1v) is 8.50. The van der Waals surface area contributed by atoms with E-state index in [1.807, 2.05) is 25.1 Å². The van der Waals surface area contributed by atoms with Crippen molar-refractivity contribution in [2.75, 3.05) is 11.9 Å². The van der Waals surface area contributed by atoms with Crippen LogP contribution in [0.2, 0.25) is 0 Å². The highest BCUT2D eigenvalue weighted by Crippen LogP contribution is 2.29. The normalized spacial score (nSPS) is 12.0. The Morgan fingerprint density at radius 1 is 1.29 bits per heavy atom. The lowest BCUT2D eigenvalue weighted by Gasteiger charge is -2.14. The first-order chi connectivity index (χ1) is 10.1. The van der Waals surface area contributed by atoms with Crippen LogP contribution >= 0.6 is 27.3 Å². The maximum Gasteiger partial charge on any atom is 0.338 e. The van der Waals surface area contributed by atoms with Gasteiger partial charge in [-0.2, -0.15) is 0 Å². The molecule has 0 bridgehead atoms. The highest BCUT2D eigenvalue weighted by molar-refractivity contribution is 9.11. The molecule has 5 heteroatoms. The molecule has 1 aromatic carbocycles. The summed E-state index contributed by atoms with van der Waals surface area (Å²) in [6, 6.07) is 11.8. The molecule has 0 amide bonds. The number of ether oxygens (including phenoxy) is 1. The molecule has 112 valence electrons. The van der Waals surface area contributed by atoms with Gasteiger partial charge in [-0.25, -0.2) is 4.79 Å². The molecule has 1 N–H and O–H groups in total. The van der Waals surface area contributed by atoms with E-state index in [1.165, 1.54) is 4.88 Å². The number of benzene rings is 1. The fourth-order valence-electron chi connectivity index (χ4n) is 1.86. The molecule has 0 aliphatic carbocycles. The van der Waals surface area contributed by atoms with Gasteiger partial charge in [0.1, 0.15) is 0 Å². The third-order valence-corrected chi connectivity index (χ3v) is 4.77. The zero-order valence-corrected chi connectivity index (χ0v) is 14.5. The SMILES string of the molecule is CCCOC(=O)c1ccc(NC(C)c2ccc(Br)s2)cc1. The number of hydrogen-bond donors (Lipinski definition) is 1. The summed E-state index contributed by atoms with van der Waals surface area (Å²) in [6.07, 6.45) is 0.833. The predicted molar refractivity (Wildman–Crippen MR) is 91.1 cm³/mol. The minimum Gasteiger partial charge on any atom is -0.462 e. The molecule has 1 unspecified atom stereocenters. The van der Waals surface area contributed by atoms with Crippen molar-refractivity contribution in [2.24, 2.45) is 0 Å². The zero-order chi connectivity index (χ0) is 15.2. The smallest absolute Gasteiger partial charge is 0.338 e. The van der Waals surface area contributed by atoms with Crippen molar-refractivity contribution in [1.29, 1.82) is 0 Å². The van der Waals surface area contributed by atoms with Gasteiger partial charge in [0.25, 0.3) is 0 Å². The third kappa shape index (κ3) is 4.58. The maximum atomic E-state index is 11.7. The lowest BCUT2D eigenvalue weighted by molar-refractivity contribution is 0.0505. The van der Waals surface area contributed by atoms with Gasteiger partial charge in [0.05, 0.1) is 22.0 Å². The van der Waals surface area contributed by atoms with Crippen LogP contribution in [-0.4, -0.2) is 12.6 Å². The van der Waals surface area contributed by atoms with Crippen LogP contribution in [0.5, 0.6) is 0 Å². The number of hydrogen-bond acceptors (Lipinski definition) is 4. The summed E-state index contributed by atoms with van der Waals surface area (Å²) < 4.78 is 6.23. The van der Waals surface area contributed by atoms with Gasteiger partial charge in [0.2, 0.25) is 0 Å². The van der Waals surface area contributed by atoms with Crippen molar-refractivity contribution in [3.8, 4) is 0 Å². The van der Waals surface area contributed by atoms with Crippen LogP contribution in [0.3, 0.4) is 0 Å². The lowest BCUT2D eigenvalue weighted by Crippen LogP contribution is -2.07. The Bertz CT molecular complexity index is 595. The van der Waals surface area contributed by atoms with Gasteiger partial charge in [-0.3, -0.25) is 0 Å². The first-order valence-electron chi connectivity index (χ1n) is 6.89. The lowest BCUT2D eigenvalue weighted by atomic mass is 10.2. The Labute approximate surface area is 137 Å². The Morgan fingerprint density at radius 3 is 2.57 bits per heavy atom. The Kier molecular flexibility index (Phi) is 5.82. The van der Waals surface area contributed by atoms with Gasteiger partial charge in [0, 0.05) is 10.6 Å². The molecular weight excluding hydrogens is 350 g/mol. The fraction of sp³-hybridized carbons (Fsp3) is 0.312. The van der Waals surface area contributed by atoms with E-state index in [1.54, 1.807) is 23.5 Å². The number of nitrogens with one attached hydrogen (secondary N) is 1. The number of esters is 1. The molecular formula is C16H18BrNO2S. The minimum absolute atomic E-state index is 0.221. The average Bonchev–Trinajstić information content (AvgIpc) is 2.92. The number of thiophene rings is 1. The van der Waals surface area contributed by atoms with Gasteiger partial charge >= 0.3 is 5.97 Å². The predicted octanol–water partition coefficient (Wildman–Crippen LogP) is 5.25. The zero-order valence-electron chi connectivity index (χ0n) is 12.1. The number of anilines is 1. The van der Waals surface area contributed by atoms with Crippen LogP contribution in [0, 0.1) is 0 Å². The standard InChI is InChI=1S/C16H18BrNO2S/c1-3-10-20-16(19)12-4-6-13(7-5-12)18-11(2)14-8-9-15(17)21-14/h4-9,11,18H,3,10H2,1-2H3. The van der Waals surface area contributed by atoms with Crippen LogP contribution < -0.4 is 5.32 Å². The quantitative estimate of drug-likeness (QED) is 0.708. The van der Waals surface area contributed by atoms with Gasteiger partial charge < -0.3 is 10.1 Å². The van der Waals surface area contributed by atoms with Gasteiger partial charge in [0.15, 0.2) is 0 Å². The largest absolute Gasteiger partial charge is 0.462 e. The monoisotopic (exact) mass is 367 g/mol. The number of halogens is 1. The summed E-state index contributed by atoms with van der Waals surface area (Å²) in [4.78, 5) is 13.0. The average molecular weight is 368 g/mol.